The maximum absolute atomic E-state index is 13.8. The number of carbonyl (C=O) groups is 3. The smallest absolute Gasteiger partial charge is 0.241 e. The van der Waals surface area contributed by atoms with Gasteiger partial charge >= 0.3 is 0 Å². The second-order valence-electron chi connectivity index (χ2n) is 8.51. The summed E-state index contributed by atoms with van der Waals surface area (Å²) in [7, 11) is 1.64. The Morgan fingerprint density at radius 3 is 2.65 bits per heavy atom. The summed E-state index contributed by atoms with van der Waals surface area (Å²) < 4.78 is 15.6. The zero-order valence-electron chi connectivity index (χ0n) is 18.6. The molecule has 3 amide bonds. The fourth-order valence-electron chi connectivity index (χ4n) is 4.45. The van der Waals surface area contributed by atoms with E-state index in [1.54, 1.807) is 55.6 Å². The standard InChI is InChI=1S/C25H23N3O6/c1-27(15-19-9-10-34-26-19)22(29)12-25(18-5-3-2-4-6-18)13-23(30)28(24(25)31)14-17-7-8-20-21(11-17)33-16-32-20/h2-11H,12-16H2,1H3/t25-/m1/s1. The first-order valence-electron chi connectivity index (χ1n) is 10.9. The summed E-state index contributed by atoms with van der Waals surface area (Å²) >= 11 is 0. The van der Waals surface area contributed by atoms with E-state index in [0.717, 1.165) is 5.56 Å². The number of benzene rings is 2. The summed E-state index contributed by atoms with van der Waals surface area (Å²) in [6, 6.07) is 16.0. The Morgan fingerprint density at radius 2 is 1.88 bits per heavy atom. The van der Waals surface area contributed by atoms with Crippen LogP contribution in [0.3, 0.4) is 0 Å². The van der Waals surface area contributed by atoms with Crippen LogP contribution < -0.4 is 9.47 Å². The molecule has 3 heterocycles. The van der Waals surface area contributed by atoms with Crippen LogP contribution in [0, 0.1) is 0 Å². The molecule has 2 aliphatic rings. The molecule has 9 nitrogen and oxygen atoms in total. The van der Waals surface area contributed by atoms with Gasteiger partial charge in [0, 0.05) is 26.0 Å². The lowest BCUT2D eigenvalue weighted by Gasteiger charge is -2.29. The molecule has 2 aromatic carbocycles. The summed E-state index contributed by atoms with van der Waals surface area (Å²) in [6.07, 6.45) is 1.23. The number of rotatable bonds is 7. The number of fused-ring (bicyclic) bond motifs is 1. The third-order valence-electron chi connectivity index (χ3n) is 6.28. The highest BCUT2D eigenvalue weighted by Crippen LogP contribution is 2.41. The van der Waals surface area contributed by atoms with Crippen LogP contribution in [-0.2, 0) is 32.9 Å². The van der Waals surface area contributed by atoms with Crippen LogP contribution in [0.15, 0.2) is 65.4 Å². The molecular formula is C25H23N3O6. The number of nitrogens with zero attached hydrogens (tertiary/aromatic N) is 3. The minimum atomic E-state index is -1.27. The highest BCUT2D eigenvalue weighted by atomic mass is 16.7. The van der Waals surface area contributed by atoms with Gasteiger partial charge in [-0.1, -0.05) is 41.6 Å². The minimum absolute atomic E-state index is 0.0794. The SMILES string of the molecule is CN(Cc1ccon1)C(=O)C[C@]1(c2ccccc2)CC(=O)N(Cc2ccc3c(c2)OCO3)C1=O. The Bertz CT molecular complexity index is 1230. The van der Waals surface area contributed by atoms with Crippen molar-refractivity contribution in [2.45, 2.75) is 31.3 Å². The van der Waals surface area contributed by atoms with Gasteiger partial charge in [0.1, 0.15) is 12.0 Å². The van der Waals surface area contributed by atoms with Crippen LogP contribution in [0.25, 0.3) is 0 Å². The third-order valence-corrected chi connectivity index (χ3v) is 6.28. The molecule has 174 valence electrons. The van der Waals surface area contributed by atoms with E-state index in [1.165, 1.54) is 16.1 Å². The number of ether oxygens (including phenoxy) is 2. The van der Waals surface area contributed by atoms with Crippen LogP contribution in [0.5, 0.6) is 11.5 Å². The minimum Gasteiger partial charge on any atom is -0.454 e. The number of aromatic nitrogens is 1. The Balaban J connectivity index is 1.42. The topological polar surface area (TPSA) is 102 Å². The summed E-state index contributed by atoms with van der Waals surface area (Å²) in [5, 5.41) is 3.84. The molecule has 1 fully saturated rings. The highest BCUT2D eigenvalue weighted by Gasteiger charge is 2.54. The van der Waals surface area contributed by atoms with Gasteiger partial charge in [-0.2, -0.15) is 0 Å². The molecule has 0 N–H and O–H groups in total. The van der Waals surface area contributed by atoms with E-state index < -0.39 is 5.41 Å². The molecule has 1 saturated heterocycles. The molecule has 1 atom stereocenters. The first kappa shape index (κ1) is 21.7. The Hall–Kier alpha value is -4.14. The molecule has 2 aliphatic heterocycles. The predicted molar refractivity (Wildman–Crippen MR) is 118 cm³/mol. The number of likely N-dealkylation sites (tertiary alicyclic amines) is 1. The average molecular weight is 461 g/mol. The Labute approximate surface area is 195 Å². The van der Waals surface area contributed by atoms with Crippen molar-refractivity contribution in [2.24, 2.45) is 0 Å². The zero-order valence-corrected chi connectivity index (χ0v) is 18.6. The van der Waals surface area contributed by atoms with Crippen molar-refractivity contribution in [2.75, 3.05) is 13.8 Å². The number of amides is 3. The summed E-state index contributed by atoms with van der Waals surface area (Å²) in [6.45, 7) is 0.469. The van der Waals surface area contributed by atoms with Crippen LogP contribution in [0.2, 0.25) is 0 Å². The molecule has 3 aromatic rings. The van der Waals surface area contributed by atoms with Crippen molar-refractivity contribution in [1.29, 1.82) is 0 Å². The second kappa shape index (κ2) is 8.66. The van der Waals surface area contributed by atoms with Crippen molar-refractivity contribution in [3.8, 4) is 11.5 Å². The average Bonchev–Trinajstić information content (AvgIpc) is 3.57. The molecule has 1 aromatic heterocycles. The van der Waals surface area contributed by atoms with Gasteiger partial charge in [-0.05, 0) is 23.3 Å². The number of imide groups is 1. The number of hydrogen-bond donors (Lipinski definition) is 0. The number of hydrogen-bond acceptors (Lipinski definition) is 7. The van der Waals surface area contributed by atoms with Gasteiger partial charge in [0.05, 0.1) is 18.5 Å². The Kier molecular flexibility index (Phi) is 5.53. The van der Waals surface area contributed by atoms with Crippen molar-refractivity contribution in [3.05, 3.63) is 77.7 Å². The van der Waals surface area contributed by atoms with Gasteiger partial charge in [-0.3, -0.25) is 19.3 Å². The molecule has 5 rings (SSSR count). The van der Waals surface area contributed by atoms with E-state index in [2.05, 4.69) is 5.16 Å². The fourth-order valence-corrected chi connectivity index (χ4v) is 4.45. The van der Waals surface area contributed by atoms with E-state index in [4.69, 9.17) is 14.0 Å². The van der Waals surface area contributed by atoms with Crippen LogP contribution in [0.1, 0.15) is 29.7 Å². The molecule has 0 radical (unpaired) electrons. The van der Waals surface area contributed by atoms with Gasteiger partial charge in [0.2, 0.25) is 24.5 Å². The predicted octanol–water partition coefficient (Wildman–Crippen LogP) is 2.65. The largest absolute Gasteiger partial charge is 0.454 e. The maximum Gasteiger partial charge on any atom is 0.241 e. The van der Waals surface area contributed by atoms with Gasteiger partial charge in [-0.15, -0.1) is 0 Å². The molecule has 0 bridgehead atoms. The summed E-state index contributed by atoms with van der Waals surface area (Å²) in [4.78, 5) is 42.8. The first-order chi connectivity index (χ1) is 16.5. The second-order valence-corrected chi connectivity index (χ2v) is 8.51. The monoisotopic (exact) mass is 461 g/mol. The molecule has 9 heteroatoms. The van der Waals surface area contributed by atoms with Crippen molar-refractivity contribution >= 4 is 17.7 Å². The molecule has 0 saturated carbocycles. The highest BCUT2D eigenvalue weighted by molar-refractivity contribution is 6.10. The van der Waals surface area contributed by atoms with Gasteiger partial charge in [0.15, 0.2) is 11.5 Å². The molecule has 0 unspecified atom stereocenters. The lowest BCUT2D eigenvalue weighted by atomic mass is 9.75. The fraction of sp³-hybridized carbons (Fsp3) is 0.280. The summed E-state index contributed by atoms with van der Waals surface area (Å²) in [5.74, 6) is 0.235. The third kappa shape index (κ3) is 3.89. The first-order valence-corrected chi connectivity index (χ1v) is 10.9. The summed E-state index contributed by atoms with van der Waals surface area (Å²) in [5.41, 5.74) is 0.709. The van der Waals surface area contributed by atoms with Crippen molar-refractivity contribution < 1.29 is 28.4 Å². The van der Waals surface area contributed by atoms with Crippen LogP contribution in [-0.4, -0.2) is 46.5 Å². The van der Waals surface area contributed by atoms with Crippen LogP contribution in [0.4, 0.5) is 0 Å². The Morgan fingerprint density at radius 1 is 1.09 bits per heavy atom. The van der Waals surface area contributed by atoms with Crippen molar-refractivity contribution in [1.82, 2.24) is 15.0 Å². The van der Waals surface area contributed by atoms with E-state index >= 15 is 0 Å². The molecule has 0 aliphatic carbocycles. The van der Waals surface area contributed by atoms with Gasteiger partial charge < -0.3 is 18.9 Å². The maximum atomic E-state index is 13.8. The van der Waals surface area contributed by atoms with Crippen molar-refractivity contribution in [3.63, 3.8) is 0 Å². The van der Waals surface area contributed by atoms with Gasteiger partial charge in [0.25, 0.3) is 0 Å². The lowest BCUT2D eigenvalue weighted by molar-refractivity contribution is -0.143. The number of carbonyl (C=O) groups excluding carboxylic acids is 3. The van der Waals surface area contributed by atoms with E-state index in [1.807, 2.05) is 6.07 Å². The molecular weight excluding hydrogens is 438 g/mol. The molecule has 0 spiro atoms. The zero-order chi connectivity index (χ0) is 23.7. The molecule has 34 heavy (non-hydrogen) atoms. The quantitative estimate of drug-likeness (QED) is 0.499. The lowest BCUT2D eigenvalue weighted by Crippen LogP contribution is -2.42. The van der Waals surface area contributed by atoms with Crippen LogP contribution >= 0.6 is 0 Å². The van der Waals surface area contributed by atoms with E-state index in [-0.39, 0.29) is 50.4 Å². The van der Waals surface area contributed by atoms with Gasteiger partial charge in [-0.25, -0.2) is 0 Å². The van der Waals surface area contributed by atoms with E-state index in [0.29, 0.717) is 22.8 Å². The van der Waals surface area contributed by atoms with E-state index in [9.17, 15) is 14.4 Å². The normalized spacial score (nSPS) is 19.0.